The molecule has 0 saturated carbocycles. The lowest BCUT2D eigenvalue weighted by atomic mass is 10.2. The zero-order chi connectivity index (χ0) is 16.2. The molecule has 0 bridgehead atoms. The van der Waals surface area contributed by atoms with Crippen LogP contribution in [0.25, 0.3) is 5.65 Å². The molecule has 0 spiro atoms. The second kappa shape index (κ2) is 6.31. The molecule has 0 aliphatic rings. The third kappa shape index (κ3) is 2.91. The van der Waals surface area contributed by atoms with Crippen LogP contribution >= 0.6 is 0 Å². The van der Waals surface area contributed by atoms with Gasteiger partial charge < -0.3 is 4.74 Å². The van der Waals surface area contributed by atoms with Gasteiger partial charge in [0.2, 0.25) is 0 Å². The molecule has 2 aromatic heterocycles. The van der Waals surface area contributed by atoms with E-state index in [1.54, 1.807) is 30.8 Å². The molecule has 2 heterocycles. The van der Waals surface area contributed by atoms with Crippen LogP contribution in [0.2, 0.25) is 0 Å². The van der Waals surface area contributed by atoms with Crippen LogP contribution in [-0.2, 0) is 0 Å². The summed E-state index contributed by atoms with van der Waals surface area (Å²) in [4.78, 5) is 16.7. The molecule has 6 heteroatoms. The van der Waals surface area contributed by atoms with E-state index in [2.05, 4.69) is 15.5 Å². The number of fused-ring (bicyclic) bond motifs is 1. The predicted molar refractivity (Wildman–Crippen MR) is 88.0 cm³/mol. The fourth-order valence-electron chi connectivity index (χ4n) is 2.37. The molecular weight excluding hydrogens is 292 g/mol. The molecule has 3 aromatic rings. The average molecular weight is 308 g/mol. The van der Waals surface area contributed by atoms with Gasteiger partial charge in [0, 0.05) is 11.8 Å². The molecular formula is C17H16N4O2. The monoisotopic (exact) mass is 308 g/mol. The molecule has 1 aromatic carbocycles. The molecule has 3 rings (SSSR count). The van der Waals surface area contributed by atoms with Crippen LogP contribution in [-0.4, -0.2) is 28.6 Å². The van der Waals surface area contributed by atoms with Gasteiger partial charge in [-0.1, -0.05) is 18.2 Å². The highest BCUT2D eigenvalue weighted by Crippen LogP contribution is 2.15. The number of para-hydroxylation sites is 1. The van der Waals surface area contributed by atoms with Gasteiger partial charge in [-0.2, -0.15) is 5.10 Å². The normalized spacial score (nSPS) is 11.0. The number of hydrogen-bond acceptors (Lipinski definition) is 4. The summed E-state index contributed by atoms with van der Waals surface area (Å²) in [5.41, 5.74) is 5.16. The molecule has 0 radical (unpaired) electrons. The number of rotatable bonds is 4. The van der Waals surface area contributed by atoms with E-state index in [4.69, 9.17) is 4.74 Å². The zero-order valence-electron chi connectivity index (χ0n) is 12.9. The van der Waals surface area contributed by atoms with Crippen molar-refractivity contribution in [1.82, 2.24) is 14.8 Å². The Balaban J connectivity index is 1.81. The third-order valence-corrected chi connectivity index (χ3v) is 3.43. The van der Waals surface area contributed by atoms with Crippen LogP contribution in [0.4, 0.5) is 0 Å². The zero-order valence-corrected chi connectivity index (χ0v) is 12.9. The summed E-state index contributed by atoms with van der Waals surface area (Å²) in [5.74, 6) is 0.379. The van der Waals surface area contributed by atoms with E-state index < -0.39 is 0 Å². The van der Waals surface area contributed by atoms with Gasteiger partial charge in [-0.15, -0.1) is 0 Å². The Hall–Kier alpha value is -3.15. The molecule has 0 aliphatic heterocycles. The summed E-state index contributed by atoms with van der Waals surface area (Å²) in [6, 6.07) is 13.0. The number of pyridine rings is 1. The second-order valence-electron chi connectivity index (χ2n) is 4.92. The summed E-state index contributed by atoms with van der Waals surface area (Å²) in [6.07, 6.45) is 3.35. The number of ether oxygens (including phenoxy) is 1. The first-order chi connectivity index (χ1) is 11.2. The van der Waals surface area contributed by atoms with Gasteiger partial charge in [-0.25, -0.2) is 10.4 Å². The topological polar surface area (TPSA) is 68.0 Å². The lowest BCUT2D eigenvalue weighted by Gasteiger charge is -2.04. The van der Waals surface area contributed by atoms with Gasteiger partial charge in [-0.05, 0) is 31.2 Å². The number of aryl methyl sites for hydroxylation is 1. The quantitative estimate of drug-likeness (QED) is 0.594. The minimum atomic E-state index is -0.313. The van der Waals surface area contributed by atoms with Crippen molar-refractivity contribution in [1.29, 1.82) is 0 Å². The molecule has 0 aliphatic carbocycles. The van der Waals surface area contributed by atoms with E-state index in [1.807, 2.05) is 42.5 Å². The SMILES string of the molecule is COc1ccccc1/C=N/NC(=O)c1c(C)nc2ccccn12. The van der Waals surface area contributed by atoms with E-state index in [0.717, 1.165) is 11.2 Å². The Kier molecular flexibility index (Phi) is 4.05. The number of nitrogens with one attached hydrogen (secondary N) is 1. The minimum absolute atomic E-state index is 0.313. The standard InChI is InChI=1S/C17H16N4O2/c1-12-16(21-10-6-5-9-15(21)19-12)17(22)20-18-11-13-7-3-4-8-14(13)23-2/h3-11H,1-2H3,(H,20,22)/b18-11+. The van der Waals surface area contributed by atoms with Crippen LogP contribution in [0.15, 0.2) is 53.8 Å². The van der Waals surface area contributed by atoms with Gasteiger partial charge >= 0.3 is 0 Å². The Morgan fingerprint density at radius 1 is 1.26 bits per heavy atom. The molecule has 1 N–H and O–H groups in total. The second-order valence-corrected chi connectivity index (χ2v) is 4.92. The average Bonchev–Trinajstić information content (AvgIpc) is 2.91. The molecule has 6 nitrogen and oxygen atoms in total. The van der Waals surface area contributed by atoms with Crippen molar-refractivity contribution in [3.8, 4) is 5.75 Å². The van der Waals surface area contributed by atoms with Crippen LogP contribution in [0.5, 0.6) is 5.75 Å². The summed E-state index contributed by atoms with van der Waals surface area (Å²) in [7, 11) is 1.59. The first kappa shape index (κ1) is 14.8. The lowest BCUT2D eigenvalue weighted by Crippen LogP contribution is -2.20. The maximum Gasteiger partial charge on any atom is 0.290 e. The van der Waals surface area contributed by atoms with Crippen molar-refractivity contribution < 1.29 is 9.53 Å². The van der Waals surface area contributed by atoms with Crippen LogP contribution in [0, 0.1) is 6.92 Å². The van der Waals surface area contributed by atoms with E-state index in [9.17, 15) is 4.79 Å². The van der Waals surface area contributed by atoms with Crippen molar-refractivity contribution in [2.75, 3.05) is 7.11 Å². The van der Waals surface area contributed by atoms with E-state index in [1.165, 1.54) is 0 Å². The van der Waals surface area contributed by atoms with Gasteiger partial charge in [0.1, 0.15) is 17.1 Å². The van der Waals surface area contributed by atoms with Gasteiger partial charge in [0.15, 0.2) is 0 Å². The minimum Gasteiger partial charge on any atom is -0.496 e. The number of hydrazone groups is 1. The molecule has 116 valence electrons. The highest BCUT2D eigenvalue weighted by molar-refractivity contribution is 5.95. The molecule has 23 heavy (non-hydrogen) atoms. The maximum atomic E-state index is 12.4. The first-order valence-electron chi connectivity index (χ1n) is 7.11. The van der Waals surface area contributed by atoms with Crippen LogP contribution < -0.4 is 10.2 Å². The number of carbonyl (C=O) groups excluding carboxylic acids is 1. The lowest BCUT2D eigenvalue weighted by molar-refractivity contribution is 0.0948. The summed E-state index contributed by atoms with van der Waals surface area (Å²) < 4.78 is 6.97. The number of nitrogens with zero attached hydrogens (tertiary/aromatic N) is 3. The Bertz CT molecular complexity index is 883. The molecule has 0 atom stereocenters. The number of amides is 1. The number of aromatic nitrogens is 2. The maximum absolute atomic E-state index is 12.4. The van der Waals surface area contributed by atoms with Gasteiger partial charge in [0.25, 0.3) is 5.91 Å². The molecule has 0 saturated heterocycles. The van der Waals surface area contributed by atoms with Crippen molar-refractivity contribution in [2.45, 2.75) is 6.92 Å². The van der Waals surface area contributed by atoms with E-state index >= 15 is 0 Å². The summed E-state index contributed by atoms with van der Waals surface area (Å²) >= 11 is 0. The highest BCUT2D eigenvalue weighted by Gasteiger charge is 2.15. The fourth-order valence-corrected chi connectivity index (χ4v) is 2.37. The van der Waals surface area contributed by atoms with Crippen molar-refractivity contribution >= 4 is 17.8 Å². The Labute approximate surface area is 133 Å². The predicted octanol–water partition coefficient (Wildman–Crippen LogP) is 2.42. The number of benzene rings is 1. The first-order valence-corrected chi connectivity index (χ1v) is 7.11. The number of imidazole rings is 1. The van der Waals surface area contributed by atoms with Gasteiger partial charge in [-0.3, -0.25) is 9.20 Å². The number of hydrogen-bond donors (Lipinski definition) is 1. The van der Waals surface area contributed by atoms with Crippen molar-refractivity contribution in [2.24, 2.45) is 5.10 Å². The molecule has 0 fully saturated rings. The van der Waals surface area contributed by atoms with Crippen molar-refractivity contribution in [3.63, 3.8) is 0 Å². The summed E-state index contributed by atoms with van der Waals surface area (Å²) in [6.45, 7) is 1.80. The van der Waals surface area contributed by atoms with E-state index in [0.29, 0.717) is 17.1 Å². The molecule has 0 unspecified atom stereocenters. The van der Waals surface area contributed by atoms with Gasteiger partial charge in [0.05, 0.1) is 19.0 Å². The smallest absolute Gasteiger partial charge is 0.290 e. The fraction of sp³-hybridized carbons (Fsp3) is 0.118. The van der Waals surface area contributed by atoms with Crippen LogP contribution in [0.1, 0.15) is 21.7 Å². The Morgan fingerprint density at radius 3 is 2.87 bits per heavy atom. The Morgan fingerprint density at radius 2 is 2.04 bits per heavy atom. The largest absolute Gasteiger partial charge is 0.496 e. The highest BCUT2D eigenvalue weighted by atomic mass is 16.5. The number of methoxy groups -OCH3 is 1. The third-order valence-electron chi connectivity index (χ3n) is 3.43. The van der Waals surface area contributed by atoms with E-state index in [-0.39, 0.29) is 5.91 Å². The number of carbonyl (C=O) groups is 1. The van der Waals surface area contributed by atoms with Crippen molar-refractivity contribution in [3.05, 3.63) is 65.6 Å². The molecule has 1 amide bonds. The summed E-state index contributed by atoms with van der Waals surface area (Å²) in [5, 5.41) is 4.01. The van der Waals surface area contributed by atoms with Crippen LogP contribution in [0.3, 0.4) is 0 Å².